The zero-order chi connectivity index (χ0) is 13.3. The van der Waals surface area contributed by atoms with Crippen LogP contribution in [-0.4, -0.2) is 40.3 Å². The maximum Gasteiger partial charge on any atom is 0.120 e. The highest BCUT2D eigenvalue weighted by Crippen LogP contribution is 2.33. The van der Waals surface area contributed by atoms with Gasteiger partial charge in [-0.2, -0.15) is 0 Å². The van der Waals surface area contributed by atoms with Crippen molar-refractivity contribution < 1.29 is 10.2 Å². The zero-order valence-corrected chi connectivity index (χ0v) is 11.2. The molecule has 3 N–H and O–H groups in total. The summed E-state index contributed by atoms with van der Waals surface area (Å²) < 4.78 is 0. The minimum atomic E-state index is 0.0941. The molecule has 2 rings (SSSR count). The van der Waals surface area contributed by atoms with Crippen LogP contribution < -0.4 is 5.32 Å². The first-order valence-corrected chi connectivity index (χ1v) is 6.50. The Labute approximate surface area is 108 Å². The van der Waals surface area contributed by atoms with Crippen molar-refractivity contribution in [3.05, 3.63) is 23.8 Å². The second-order valence-electron chi connectivity index (χ2n) is 5.27. The summed E-state index contributed by atoms with van der Waals surface area (Å²) in [6.45, 7) is 8.30. The molecule has 1 aromatic carbocycles. The normalized spacial score (nSPS) is 27.1. The molecule has 0 spiro atoms. The van der Waals surface area contributed by atoms with Crippen molar-refractivity contribution in [3.63, 3.8) is 0 Å². The van der Waals surface area contributed by atoms with Crippen LogP contribution in [0.3, 0.4) is 0 Å². The number of phenols is 2. The van der Waals surface area contributed by atoms with E-state index in [1.165, 1.54) is 6.07 Å². The van der Waals surface area contributed by atoms with Gasteiger partial charge in [-0.15, -0.1) is 0 Å². The molecule has 0 saturated carbocycles. The molecule has 1 aromatic rings. The fourth-order valence-corrected chi connectivity index (χ4v) is 2.64. The Morgan fingerprint density at radius 3 is 2.78 bits per heavy atom. The number of nitrogens with one attached hydrogen (secondary N) is 1. The summed E-state index contributed by atoms with van der Waals surface area (Å²) in [7, 11) is 0. The highest BCUT2D eigenvalue weighted by Gasteiger charge is 2.28. The molecule has 3 atom stereocenters. The number of benzene rings is 1. The van der Waals surface area contributed by atoms with Crippen LogP contribution in [0.1, 0.15) is 32.4 Å². The van der Waals surface area contributed by atoms with Crippen LogP contribution in [0.5, 0.6) is 11.5 Å². The molecule has 1 heterocycles. The van der Waals surface area contributed by atoms with Crippen LogP contribution in [0, 0.1) is 0 Å². The van der Waals surface area contributed by atoms with Gasteiger partial charge in [0.2, 0.25) is 0 Å². The predicted octanol–water partition coefficient (Wildman–Crippen LogP) is 1.84. The van der Waals surface area contributed by atoms with Crippen molar-refractivity contribution in [1.82, 2.24) is 10.2 Å². The average Bonchev–Trinajstić information content (AvgIpc) is 2.34. The Morgan fingerprint density at radius 1 is 1.33 bits per heavy atom. The quantitative estimate of drug-likeness (QED) is 0.701. The van der Waals surface area contributed by atoms with E-state index in [1.807, 2.05) is 0 Å². The van der Waals surface area contributed by atoms with Crippen molar-refractivity contribution in [2.75, 3.05) is 13.1 Å². The highest BCUT2D eigenvalue weighted by molar-refractivity contribution is 5.40. The maximum absolute atomic E-state index is 9.93. The second kappa shape index (κ2) is 5.16. The molecule has 1 aliphatic rings. The summed E-state index contributed by atoms with van der Waals surface area (Å²) in [5.41, 5.74) is 0.788. The zero-order valence-electron chi connectivity index (χ0n) is 11.2. The van der Waals surface area contributed by atoms with Gasteiger partial charge in [-0.1, -0.05) is 0 Å². The van der Waals surface area contributed by atoms with Crippen LogP contribution in [0.15, 0.2) is 18.2 Å². The topological polar surface area (TPSA) is 55.7 Å². The lowest BCUT2D eigenvalue weighted by Gasteiger charge is -2.41. The van der Waals surface area contributed by atoms with E-state index < -0.39 is 0 Å². The lowest BCUT2D eigenvalue weighted by molar-refractivity contribution is 0.102. The van der Waals surface area contributed by atoms with E-state index in [0.717, 1.165) is 18.7 Å². The first-order valence-electron chi connectivity index (χ1n) is 6.50. The fourth-order valence-electron chi connectivity index (χ4n) is 2.64. The van der Waals surface area contributed by atoms with Gasteiger partial charge < -0.3 is 15.5 Å². The number of phenolic OH excluding ortho intramolecular Hbond substituents is 2. The molecule has 0 radical (unpaired) electrons. The fraction of sp³-hybridized carbons (Fsp3) is 0.571. The molecule has 1 saturated heterocycles. The van der Waals surface area contributed by atoms with Crippen LogP contribution in [0.2, 0.25) is 0 Å². The van der Waals surface area contributed by atoms with E-state index in [2.05, 4.69) is 31.0 Å². The van der Waals surface area contributed by atoms with Gasteiger partial charge in [0.1, 0.15) is 11.5 Å². The van der Waals surface area contributed by atoms with Gasteiger partial charge in [0.05, 0.1) is 0 Å². The molecule has 100 valence electrons. The monoisotopic (exact) mass is 250 g/mol. The Kier molecular flexibility index (Phi) is 3.78. The summed E-state index contributed by atoms with van der Waals surface area (Å²) in [6, 6.07) is 5.67. The molecule has 0 aliphatic carbocycles. The van der Waals surface area contributed by atoms with Gasteiger partial charge in [0, 0.05) is 36.8 Å². The molecular formula is C14H22N2O2. The molecule has 3 unspecified atom stereocenters. The standard InChI is InChI=1S/C14H22N2O2/c1-9-8-16(10(2)7-15-9)11(3)13-6-12(17)4-5-14(13)18/h4-6,9-11,15,17-18H,7-8H2,1-3H3. The number of aromatic hydroxyl groups is 2. The molecule has 1 fully saturated rings. The van der Waals surface area contributed by atoms with Gasteiger partial charge in [-0.05, 0) is 39.0 Å². The second-order valence-corrected chi connectivity index (χ2v) is 5.27. The van der Waals surface area contributed by atoms with Crippen molar-refractivity contribution >= 4 is 0 Å². The van der Waals surface area contributed by atoms with E-state index in [1.54, 1.807) is 12.1 Å². The Bertz CT molecular complexity index is 422. The average molecular weight is 250 g/mol. The largest absolute Gasteiger partial charge is 0.508 e. The van der Waals surface area contributed by atoms with Crippen LogP contribution in [0.25, 0.3) is 0 Å². The predicted molar refractivity (Wildman–Crippen MR) is 71.8 cm³/mol. The minimum absolute atomic E-state index is 0.0941. The van der Waals surface area contributed by atoms with E-state index in [0.29, 0.717) is 12.1 Å². The third kappa shape index (κ3) is 2.60. The minimum Gasteiger partial charge on any atom is -0.508 e. The molecule has 1 aliphatic heterocycles. The molecule has 0 aromatic heterocycles. The van der Waals surface area contributed by atoms with Gasteiger partial charge in [-0.3, -0.25) is 4.90 Å². The first-order chi connectivity index (χ1) is 8.49. The molecule has 4 heteroatoms. The highest BCUT2D eigenvalue weighted by atomic mass is 16.3. The Hall–Kier alpha value is -1.26. The Morgan fingerprint density at radius 2 is 2.06 bits per heavy atom. The van der Waals surface area contributed by atoms with E-state index in [9.17, 15) is 10.2 Å². The molecule has 0 amide bonds. The van der Waals surface area contributed by atoms with Crippen molar-refractivity contribution in [3.8, 4) is 11.5 Å². The SMILES string of the molecule is CC1CN(C(C)c2cc(O)ccc2O)C(C)CN1. The molecule has 0 bridgehead atoms. The van der Waals surface area contributed by atoms with E-state index >= 15 is 0 Å². The molecular weight excluding hydrogens is 228 g/mol. The number of hydrogen-bond donors (Lipinski definition) is 3. The maximum atomic E-state index is 9.93. The van der Waals surface area contributed by atoms with Gasteiger partial charge in [-0.25, -0.2) is 0 Å². The van der Waals surface area contributed by atoms with Gasteiger partial charge in [0.25, 0.3) is 0 Å². The molecule has 4 nitrogen and oxygen atoms in total. The van der Waals surface area contributed by atoms with Crippen molar-refractivity contribution in [2.45, 2.75) is 38.9 Å². The lowest BCUT2D eigenvalue weighted by Crippen LogP contribution is -2.54. The number of piperazine rings is 1. The van der Waals surface area contributed by atoms with Crippen LogP contribution in [-0.2, 0) is 0 Å². The summed E-state index contributed by atoms with van der Waals surface area (Å²) in [4.78, 5) is 2.36. The number of rotatable bonds is 2. The van der Waals surface area contributed by atoms with Crippen LogP contribution >= 0.6 is 0 Å². The van der Waals surface area contributed by atoms with Crippen molar-refractivity contribution in [1.29, 1.82) is 0 Å². The summed E-state index contributed by atoms with van der Waals surface area (Å²) in [5.74, 6) is 0.448. The van der Waals surface area contributed by atoms with Gasteiger partial charge >= 0.3 is 0 Å². The van der Waals surface area contributed by atoms with Gasteiger partial charge in [0.15, 0.2) is 0 Å². The Balaban J connectivity index is 2.23. The third-order valence-electron chi connectivity index (χ3n) is 3.77. The first kappa shape index (κ1) is 13.2. The number of nitrogens with zero attached hydrogens (tertiary/aromatic N) is 1. The summed E-state index contributed by atoms with van der Waals surface area (Å²) >= 11 is 0. The molecule has 18 heavy (non-hydrogen) atoms. The smallest absolute Gasteiger partial charge is 0.120 e. The van der Waals surface area contributed by atoms with Crippen molar-refractivity contribution in [2.24, 2.45) is 0 Å². The lowest BCUT2D eigenvalue weighted by atomic mass is 10.0. The van der Waals surface area contributed by atoms with Crippen LogP contribution in [0.4, 0.5) is 0 Å². The number of hydrogen-bond acceptors (Lipinski definition) is 4. The summed E-state index contributed by atoms with van der Waals surface area (Å²) in [5, 5.41) is 22.9. The third-order valence-corrected chi connectivity index (χ3v) is 3.77. The van der Waals surface area contributed by atoms with E-state index in [4.69, 9.17) is 0 Å². The summed E-state index contributed by atoms with van der Waals surface area (Å²) in [6.07, 6.45) is 0. The van der Waals surface area contributed by atoms with E-state index in [-0.39, 0.29) is 17.5 Å².